The van der Waals surface area contributed by atoms with E-state index < -0.39 is 0 Å². The molecule has 1 unspecified atom stereocenters. The minimum absolute atomic E-state index is 0.0418. The fraction of sp³-hybridized carbons (Fsp3) is 0.417. The minimum Gasteiger partial charge on any atom is -0.496 e. The first kappa shape index (κ1) is 10.0. The lowest BCUT2D eigenvalue weighted by Crippen LogP contribution is -2.18. The molecule has 1 atom stereocenters. The summed E-state index contributed by atoms with van der Waals surface area (Å²) in [6.45, 7) is 2.79. The van der Waals surface area contributed by atoms with Gasteiger partial charge in [-0.1, -0.05) is 17.7 Å². The molecule has 15 heavy (non-hydrogen) atoms. The molecule has 1 aliphatic rings. The predicted molar refractivity (Wildman–Crippen MR) is 58.1 cm³/mol. The van der Waals surface area contributed by atoms with Crippen LogP contribution in [0.15, 0.2) is 18.2 Å². The van der Waals surface area contributed by atoms with E-state index in [0.717, 1.165) is 29.8 Å². The van der Waals surface area contributed by atoms with Crippen LogP contribution in [0.3, 0.4) is 0 Å². The molecule has 80 valence electrons. The molecule has 1 heterocycles. The Morgan fingerprint density at radius 2 is 2.27 bits per heavy atom. The first-order valence-electron chi connectivity index (χ1n) is 5.14. The molecule has 0 saturated carbocycles. The number of ether oxygens (including phenoxy) is 1. The fourth-order valence-electron chi connectivity index (χ4n) is 2.02. The maximum atomic E-state index is 11.6. The van der Waals surface area contributed by atoms with E-state index in [2.05, 4.69) is 5.32 Å². The first-order chi connectivity index (χ1) is 7.22. The molecule has 2 rings (SSSR count). The summed E-state index contributed by atoms with van der Waals surface area (Å²) in [5.41, 5.74) is 2.16. The molecule has 1 aromatic rings. The third kappa shape index (κ3) is 1.82. The lowest BCUT2D eigenvalue weighted by Gasteiger charge is -2.13. The summed E-state index contributed by atoms with van der Waals surface area (Å²) in [7, 11) is 1.64. The average molecular weight is 205 g/mol. The van der Waals surface area contributed by atoms with Crippen molar-refractivity contribution in [1.29, 1.82) is 0 Å². The van der Waals surface area contributed by atoms with Gasteiger partial charge in [0.05, 0.1) is 13.0 Å². The van der Waals surface area contributed by atoms with Gasteiger partial charge < -0.3 is 10.1 Å². The summed E-state index contributed by atoms with van der Waals surface area (Å²) in [4.78, 5) is 11.6. The van der Waals surface area contributed by atoms with Crippen molar-refractivity contribution < 1.29 is 9.53 Å². The van der Waals surface area contributed by atoms with Crippen LogP contribution >= 0.6 is 0 Å². The molecule has 1 N–H and O–H groups in total. The highest BCUT2D eigenvalue weighted by Crippen LogP contribution is 2.31. The number of hydrogen-bond donors (Lipinski definition) is 1. The van der Waals surface area contributed by atoms with Gasteiger partial charge in [-0.2, -0.15) is 0 Å². The van der Waals surface area contributed by atoms with E-state index in [1.54, 1.807) is 7.11 Å². The SMILES string of the molecule is COc1ccc(C)cc1C1CCNC1=O. The zero-order valence-corrected chi connectivity index (χ0v) is 9.04. The summed E-state index contributed by atoms with van der Waals surface area (Å²) in [6.07, 6.45) is 0.860. The van der Waals surface area contributed by atoms with Crippen molar-refractivity contribution in [2.24, 2.45) is 0 Å². The summed E-state index contributed by atoms with van der Waals surface area (Å²) in [6, 6.07) is 5.96. The molecule has 3 heteroatoms. The molecular weight excluding hydrogens is 190 g/mol. The molecule has 0 spiro atoms. The quantitative estimate of drug-likeness (QED) is 0.796. The van der Waals surface area contributed by atoms with Crippen LogP contribution in [0.25, 0.3) is 0 Å². The Morgan fingerprint density at radius 3 is 2.87 bits per heavy atom. The number of nitrogens with one attached hydrogen (secondary N) is 1. The fourth-order valence-corrected chi connectivity index (χ4v) is 2.02. The molecule has 1 aliphatic heterocycles. The molecule has 0 radical (unpaired) electrons. The number of rotatable bonds is 2. The van der Waals surface area contributed by atoms with Crippen LogP contribution in [0.4, 0.5) is 0 Å². The standard InChI is InChI=1S/C12H15NO2/c1-8-3-4-11(15-2)10(7-8)9-5-6-13-12(9)14/h3-4,7,9H,5-6H2,1-2H3,(H,13,14). The number of methoxy groups -OCH3 is 1. The van der Waals surface area contributed by atoms with Crippen LogP contribution in [-0.4, -0.2) is 19.6 Å². The van der Waals surface area contributed by atoms with Gasteiger partial charge in [-0.25, -0.2) is 0 Å². The topological polar surface area (TPSA) is 38.3 Å². The monoisotopic (exact) mass is 205 g/mol. The smallest absolute Gasteiger partial charge is 0.227 e. The number of carbonyl (C=O) groups is 1. The van der Waals surface area contributed by atoms with Gasteiger partial charge in [0, 0.05) is 12.1 Å². The van der Waals surface area contributed by atoms with Crippen molar-refractivity contribution in [2.75, 3.05) is 13.7 Å². The van der Waals surface area contributed by atoms with Crippen molar-refractivity contribution in [3.8, 4) is 5.75 Å². The highest BCUT2D eigenvalue weighted by atomic mass is 16.5. The Kier molecular flexibility index (Phi) is 2.62. The third-order valence-corrected chi connectivity index (χ3v) is 2.81. The predicted octanol–water partition coefficient (Wildman–Crippen LogP) is 1.61. The summed E-state index contributed by atoms with van der Waals surface area (Å²) >= 11 is 0. The van der Waals surface area contributed by atoms with Crippen LogP contribution in [0.1, 0.15) is 23.5 Å². The van der Waals surface area contributed by atoms with Crippen LogP contribution in [-0.2, 0) is 4.79 Å². The van der Waals surface area contributed by atoms with Crippen LogP contribution < -0.4 is 10.1 Å². The molecule has 0 aromatic heterocycles. The van der Waals surface area contributed by atoms with E-state index >= 15 is 0 Å². The highest BCUT2D eigenvalue weighted by molar-refractivity contribution is 5.86. The largest absolute Gasteiger partial charge is 0.496 e. The number of aryl methyl sites for hydroxylation is 1. The molecule has 3 nitrogen and oxygen atoms in total. The Balaban J connectivity index is 2.40. The Bertz CT molecular complexity index is 387. The van der Waals surface area contributed by atoms with Gasteiger partial charge in [-0.05, 0) is 19.4 Å². The summed E-state index contributed by atoms with van der Waals surface area (Å²) in [5, 5.41) is 2.84. The Labute approximate surface area is 89.4 Å². The average Bonchev–Trinajstić information content (AvgIpc) is 2.64. The van der Waals surface area contributed by atoms with Crippen molar-refractivity contribution in [3.63, 3.8) is 0 Å². The van der Waals surface area contributed by atoms with Gasteiger partial charge in [0.15, 0.2) is 0 Å². The maximum Gasteiger partial charge on any atom is 0.227 e. The third-order valence-electron chi connectivity index (χ3n) is 2.81. The molecule has 1 fully saturated rings. The second-order valence-electron chi connectivity index (χ2n) is 3.88. The van der Waals surface area contributed by atoms with Crippen molar-refractivity contribution in [1.82, 2.24) is 5.32 Å². The van der Waals surface area contributed by atoms with Gasteiger partial charge in [0.1, 0.15) is 5.75 Å². The van der Waals surface area contributed by atoms with Crippen molar-refractivity contribution in [2.45, 2.75) is 19.3 Å². The highest BCUT2D eigenvalue weighted by Gasteiger charge is 2.28. The normalized spacial score (nSPS) is 20.1. The van der Waals surface area contributed by atoms with E-state index in [0.29, 0.717) is 0 Å². The van der Waals surface area contributed by atoms with Gasteiger partial charge in [-0.15, -0.1) is 0 Å². The molecule has 1 amide bonds. The number of benzene rings is 1. The van der Waals surface area contributed by atoms with E-state index in [9.17, 15) is 4.79 Å². The van der Waals surface area contributed by atoms with Crippen LogP contribution in [0.2, 0.25) is 0 Å². The zero-order chi connectivity index (χ0) is 10.8. The summed E-state index contributed by atoms with van der Waals surface area (Å²) < 4.78 is 5.28. The Hall–Kier alpha value is -1.51. The van der Waals surface area contributed by atoms with Crippen molar-refractivity contribution >= 4 is 5.91 Å². The van der Waals surface area contributed by atoms with Gasteiger partial charge in [0.2, 0.25) is 5.91 Å². The minimum atomic E-state index is -0.0418. The lowest BCUT2D eigenvalue weighted by atomic mass is 9.95. The van der Waals surface area contributed by atoms with Crippen LogP contribution in [0.5, 0.6) is 5.75 Å². The molecule has 0 aliphatic carbocycles. The molecular formula is C12H15NO2. The van der Waals surface area contributed by atoms with Gasteiger partial charge >= 0.3 is 0 Å². The zero-order valence-electron chi connectivity index (χ0n) is 9.04. The van der Waals surface area contributed by atoms with E-state index in [-0.39, 0.29) is 11.8 Å². The van der Waals surface area contributed by atoms with E-state index in [1.165, 1.54) is 0 Å². The Morgan fingerprint density at radius 1 is 1.47 bits per heavy atom. The van der Waals surface area contributed by atoms with Gasteiger partial charge in [0.25, 0.3) is 0 Å². The summed E-state index contributed by atoms with van der Waals surface area (Å²) in [5.74, 6) is 0.876. The van der Waals surface area contributed by atoms with E-state index in [4.69, 9.17) is 4.74 Å². The molecule has 1 saturated heterocycles. The molecule has 1 aromatic carbocycles. The maximum absolute atomic E-state index is 11.6. The number of carbonyl (C=O) groups excluding carboxylic acids is 1. The van der Waals surface area contributed by atoms with Gasteiger partial charge in [-0.3, -0.25) is 4.79 Å². The van der Waals surface area contributed by atoms with Crippen LogP contribution in [0, 0.1) is 6.92 Å². The van der Waals surface area contributed by atoms with E-state index in [1.807, 2.05) is 25.1 Å². The first-order valence-corrected chi connectivity index (χ1v) is 5.14. The number of hydrogen-bond acceptors (Lipinski definition) is 2. The molecule has 0 bridgehead atoms. The lowest BCUT2D eigenvalue weighted by molar-refractivity contribution is -0.120. The second-order valence-corrected chi connectivity index (χ2v) is 3.88. The van der Waals surface area contributed by atoms with Crippen molar-refractivity contribution in [3.05, 3.63) is 29.3 Å². The second kappa shape index (κ2) is 3.93. The number of amides is 1.